The average Bonchev–Trinajstić information content (AvgIpc) is 3.39. The Kier molecular flexibility index (Phi) is 7.40. The van der Waals surface area contributed by atoms with Gasteiger partial charge in [-0.25, -0.2) is 4.39 Å². The molecule has 0 aromatic heterocycles. The number of aliphatic hydroxyl groups is 2. The number of hydrogen-bond donors (Lipinski definition) is 3. The average molecular weight is 490 g/mol. The van der Waals surface area contributed by atoms with Crippen LogP contribution in [0.2, 0.25) is 0 Å². The van der Waals surface area contributed by atoms with E-state index in [0.29, 0.717) is 38.4 Å². The second-order valence-electron chi connectivity index (χ2n) is 8.95. The summed E-state index contributed by atoms with van der Waals surface area (Å²) in [5.74, 6) is -1.75. The molecule has 0 aliphatic carbocycles. The van der Waals surface area contributed by atoms with Crippen molar-refractivity contribution in [2.45, 2.75) is 43.3 Å². The zero-order chi connectivity index (χ0) is 24.4. The number of amides is 2. The van der Waals surface area contributed by atoms with E-state index in [1.807, 2.05) is 17.9 Å². The van der Waals surface area contributed by atoms with Crippen molar-refractivity contribution in [2.75, 3.05) is 37.6 Å². The van der Waals surface area contributed by atoms with Crippen molar-refractivity contribution in [3.63, 3.8) is 0 Å². The van der Waals surface area contributed by atoms with Crippen LogP contribution in [0.15, 0.2) is 23.2 Å². The third kappa shape index (κ3) is 5.19. The summed E-state index contributed by atoms with van der Waals surface area (Å²) in [5, 5.41) is 33.6. The van der Waals surface area contributed by atoms with Crippen molar-refractivity contribution < 1.29 is 24.2 Å². The van der Waals surface area contributed by atoms with Gasteiger partial charge >= 0.3 is 0 Å². The van der Waals surface area contributed by atoms with Crippen LogP contribution in [-0.4, -0.2) is 88.2 Å². The van der Waals surface area contributed by atoms with E-state index in [1.165, 1.54) is 17.0 Å². The molecule has 3 aliphatic rings. The fraction of sp³-hybridized carbons (Fsp3) is 0.565. The molecule has 9 nitrogen and oxygen atoms in total. The van der Waals surface area contributed by atoms with Crippen LogP contribution in [-0.2, 0) is 9.59 Å². The van der Waals surface area contributed by atoms with Crippen molar-refractivity contribution in [3.05, 3.63) is 29.6 Å². The van der Waals surface area contributed by atoms with Gasteiger partial charge in [0.05, 0.1) is 27.6 Å². The summed E-state index contributed by atoms with van der Waals surface area (Å²) in [4.78, 5) is 32.9. The van der Waals surface area contributed by atoms with Crippen molar-refractivity contribution in [3.8, 4) is 6.07 Å². The molecular weight excluding hydrogens is 461 g/mol. The second-order valence-corrected chi connectivity index (χ2v) is 10.4. The highest BCUT2D eigenvalue weighted by Crippen LogP contribution is 2.33. The Morgan fingerprint density at radius 1 is 1.29 bits per heavy atom. The number of aliphatic imine (C=N–C) groups is 1. The number of benzene rings is 1. The summed E-state index contributed by atoms with van der Waals surface area (Å²) < 4.78 is 13.4. The van der Waals surface area contributed by atoms with Crippen molar-refractivity contribution in [1.29, 1.82) is 5.26 Å². The minimum Gasteiger partial charge on any atom is -0.380 e. The molecular formula is C23H28FN5O4S. The minimum atomic E-state index is -1.84. The molecule has 1 aromatic rings. The van der Waals surface area contributed by atoms with Gasteiger partial charge in [0, 0.05) is 32.7 Å². The number of thioether (sulfide) groups is 1. The molecule has 4 atom stereocenters. The number of anilines is 1. The molecule has 2 amide bonds. The number of carbonyl (C=O) groups is 2. The van der Waals surface area contributed by atoms with Crippen LogP contribution < -0.4 is 10.2 Å². The van der Waals surface area contributed by atoms with E-state index in [1.54, 1.807) is 17.8 Å². The first kappa shape index (κ1) is 24.4. The highest BCUT2D eigenvalue weighted by atomic mass is 32.2. The second kappa shape index (κ2) is 10.3. The summed E-state index contributed by atoms with van der Waals surface area (Å²) in [6.07, 6.45) is -2.20. The SMILES string of the molecule is CC1=NC2CN(C(=O)[C@H](O)[C@@H](O)C(=O)NCC3CCN(c4ccc(F)cc4C#N)CC3)C[C@H]2S1. The lowest BCUT2D eigenvalue weighted by atomic mass is 9.95. The van der Waals surface area contributed by atoms with Crippen LogP contribution in [0.4, 0.5) is 10.1 Å². The molecule has 1 aromatic carbocycles. The number of fused-ring (bicyclic) bond motifs is 1. The van der Waals surface area contributed by atoms with Gasteiger partial charge in [-0.1, -0.05) is 0 Å². The van der Waals surface area contributed by atoms with Crippen molar-refractivity contribution >= 4 is 34.3 Å². The van der Waals surface area contributed by atoms with Gasteiger partial charge in [-0.15, -0.1) is 11.8 Å². The molecule has 2 saturated heterocycles. The third-order valence-corrected chi connectivity index (χ3v) is 7.85. The molecule has 2 fully saturated rings. The molecule has 182 valence electrons. The first-order chi connectivity index (χ1) is 16.3. The predicted octanol–water partition coefficient (Wildman–Crippen LogP) is 0.496. The van der Waals surface area contributed by atoms with Gasteiger partial charge in [0.15, 0.2) is 12.2 Å². The number of carbonyl (C=O) groups excluding carboxylic acids is 2. The van der Waals surface area contributed by atoms with Gasteiger partial charge in [0.1, 0.15) is 11.9 Å². The van der Waals surface area contributed by atoms with Gasteiger partial charge < -0.3 is 25.3 Å². The fourth-order valence-corrected chi connectivity index (χ4v) is 5.92. The molecule has 1 unspecified atom stereocenters. The van der Waals surface area contributed by atoms with E-state index in [2.05, 4.69) is 10.3 Å². The maximum Gasteiger partial charge on any atom is 0.254 e. The highest BCUT2D eigenvalue weighted by molar-refractivity contribution is 8.14. The van der Waals surface area contributed by atoms with Crippen LogP contribution in [0.5, 0.6) is 0 Å². The van der Waals surface area contributed by atoms with Gasteiger partial charge in [0.25, 0.3) is 11.8 Å². The lowest BCUT2D eigenvalue weighted by Gasteiger charge is -2.34. The normalized spacial score (nSPS) is 24.3. The summed E-state index contributed by atoms with van der Waals surface area (Å²) in [7, 11) is 0. The Hall–Kier alpha value is -2.68. The number of halogens is 1. The number of rotatable bonds is 6. The summed E-state index contributed by atoms with van der Waals surface area (Å²) >= 11 is 1.61. The Morgan fingerprint density at radius 3 is 2.71 bits per heavy atom. The maximum atomic E-state index is 13.4. The summed E-state index contributed by atoms with van der Waals surface area (Å²) in [5.41, 5.74) is 0.976. The van der Waals surface area contributed by atoms with Crippen molar-refractivity contribution in [2.24, 2.45) is 10.9 Å². The monoisotopic (exact) mass is 489 g/mol. The highest BCUT2D eigenvalue weighted by Gasteiger charge is 2.43. The van der Waals surface area contributed by atoms with Crippen LogP contribution >= 0.6 is 11.8 Å². The number of aliphatic hydroxyl groups excluding tert-OH is 2. The lowest BCUT2D eigenvalue weighted by Crippen LogP contribution is -2.51. The lowest BCUT2D eigenvalue weighted by molar-refractivity contribution is -0.152. The summed E-state index contributed by atoms with van der Waals surface area (Å²) in [6, 6.07) is 6.17. The Labute approximate surface area is 201 Å². The van der Waals surface area contributed by atoms with Crippen LogP contribution in [0.1, 0.15) is 25.3 Å². The zero-order valence-electron chi connectivity index (χ0n) is 18.9. The minimum absolute atomic E-state index is 0.00265. The van der Waals surface area contributed by atoms with Crippen LogP contribution in [0.3, 0.4) is 0 Å². The van der Waals surface area contributed by atoms with Crippen LogP contribution in [0, 0.1) is 23.1 Å². The van der Waals surface area contributed by atoms with Gasteiger partial charge in [-0.2, -0.15) is 5.26 Å². The third-order valence-electron chi connectivity index (χ3n) is 6.64. The molecule has 3 heterocycles. The molecule has 3 aliphatic heterocycles. The number of piperidine rings is 1. The Morgan fingerprint density at radius 2 is 2.03 bits per heavy atom. The number of likely N-dealkylation sites (tertiary alicyclic amines) is 1. The molecule has 11 heteroatoms. The smallest absolute Gasteiger partial charge is 0.254 e. The standard InChI is InChI=1S/C23H28FN5O4S/c1-13-27-17-11-29(12-19(17)34-13)23(33)21(31)20(30)22(32)26-10-14-4-6-28(7-5-14)18-3-2-16(24)8-15(18)9-25/h2-3,8,14,17,19-21,30-31H,4-7,10-12H2,1H3,(H,26,32)/t17?,19-,20-,21-/m1/s1. The molecule has 0 spiro atoms. The topological polar surface area (TPSA) is 129 Å². The van der Waals surface area contributed by atoms with Gasteiger partial charge in [-0.3, -0.25) is 14.6 Å². The maximum absolute atomic E-state index is 13.4. The van der Waals surface area contributed by atoms with E-state index >= 15 is 0 Å². The van der Waals surface area contributed by atoms with E-state index in [-0.39, 0.29) is 22.8 Å². The van der Waals surface area contributed by atoms with E-state index < -0.39 is 29.8 Å². The first-order valence-electron chi connectivity index (χ1n) is 11.3. The number of hydrogen-bond acceptors (Lipinski definition) is 8. The molecule has 3 N–H and O–H groups in total. The predicted molar refractivity (Wildman–Crippen MR) is 126 cm³/mol. The van der Waals surface area contributed by atoms with Gasteiger partial charge in [0.2, 0.25) is 0 Å². The van der Waals surface area contributed by atoms with Gasteiger partial charge in [-0.05, 0) is 43.9 Å². The van der Waals surface area contributed by atoms with Crippen LogP contribution in [0.25, 0.3) is 0 Å². The van der Waals surface area contributed by atoms with E-state index in [9.17, 15) is 29.5 Å². The zero-order valence-corrected chi connectivity index (χ0v) is 19.7. The molecule has 4 rings (SSSR count). The summed E-state index contributed by atoms with van der Waals surface area (Å²) in [6.45, 7) is 4.31. The van der Waals surface area contributed by atoms with E-state index in [0.717, 1.165) is 17.9 Å². The Balaban J connectivity index is 1.23. The number of nitriles is 1. The fourth-order valence-electron chi connectivity index (χ4n) is 4.73. The quantitative estimate of drug-likeness (QED) is 0.531. The first-order valence-corrected chi connectivity index (χ1v) is 12.2. The molecule has 0 saturated carbocycles. The largest absolute Gasteiger partial charge is 0.380 e. The van der Waals surface area contributed by atoms with Crippen molar-refractivity contribution in [1.82, 2.24) is 10.2 Å². The molecule has 0 bridgehead atoms. The van der Waals surface area contributed by atoms with E-state index in [4.69, 9.17) is 0 Å². The molecule has 0 radical (unpaired) electrons. The Bertz CT molecular complexity index is 1020. The number of nitrogens with zero attached hydrogens (tertiary/aromatic N) is 4. The molecule has 34 heavy (non-hydrogen) atoms. The number of nitrogens with one attached hydrogen (secondary N) is 1.